The van der Waals surface area contributed by atoms with Gasteiger partial charge in [-0.2, -0.15) is 0 Å². The van der Waals surface area contributed by atoms with Crippen molar-refractivity contribution in [3.05, 3.63) is 53.9 Å². The molecule has 152 valence electrons. The molecule has 0 bridgehead atoms. The van der Waals surface area contributed by atoms with E-state index in [1.54, 1.807) is 49.7 Å². The molecule has 0 aliphatic carbocycles. The number of ether oxygens (including phenoxy) is 2. The van der Waals surface area contributed by atoms with Gasteiger partial charge >= 0.3 is 0 Å². The average Bonchev–Trinajstić information content (AvgIpc) is 3.10. The van der Waals surface area contributed by atoms with E-state index < -0.39 is 5.41 Å². The molecule has 2 heterocycles. The molecule has 0 spiro atoms. The maximum absolute atomic E-state index is 12.5. The molecular formula is C22H25N3O4. The van der Waals surface area contributed by atoms with E-state index in [1.807, 2.05) is 20.8 Å². The van der Waals surface area contributed by atoms with Gasteiger partial charge in [0.05, 0.1) is 24.0 Å². The Morgan fingerprint density at radius 1 is 1.10 bits per heavy atom. The normalized spacial score (nSPS) is 11.4. The van der Waals surface area contributed by atoms with E-state index >= 15 is 0 Å². The molecule has 0 saturated carbocycles. The average molecular weight is 395 g/mol. The van der Waals surface area contributed by atoms with E-state index in [2.05, 4.69) is 15.3 Å². The predicted octanol–water partition coefficient (Wildman–Crippen LogP) is 4.07. The second-order valence-electron chi connectivity index (χ2n) is 7.74. The third-order valence-corrected chi connectivity index (χ3v) is 4.35. The maximum atomic E-state index is 12.5. The molecule has 1 amide bonds. The van der Waals surface area contributed by atoms with Gasteiger partial charge in [-0.05, 0) is 36.4 Å². The highest BCUT2D eigenvalue weighted by Gasteiger charge is 2.24. The Balaban J connectivity index is 1.71. The molecule has 7 heteroatoms. The number of carbonyl (C=O) groups excluding carboxylic acids is 2. The first kappa shape index (κ1) is 20.5. The summed E-state index contributed by atoms with van der Waals surface area (Å²) in [6.45, 7) is 6.57. The van der Waals surface area contributed by atoms with E-state index in [1.165, 1.54) is 0 Å². The number of anilines is 1. The minimum atomic E-state index is -0.481. The van der Waals surface area contributed by atoms with E-state index in [4.69, 9.17) is 9.47 Å². The summed E-state index contributed by atoms with van der Waals surface area (Å²) < 4.78 is 10.4. The summed E-state index contributed by atoms with van der Waals surface area (Å²) >= 11 is 0. The number of aromatic nitrogens is 2. The van der Waals surface area contributed by atoms with Gasteiger partial charge in [0.25, 0.3) is 5.91 Å². The zero-order chi connectivity index (χ0) is 21.0. The first-order valence-corrected chi connectivity index (χ1v) is 9.34. The zero-order valence-corrected chi connectivity index (χ0v) is 17.0. The van der Waals surface area contributed by atoms with Gasteiger partial charge in [-0.3, -0.25) is 9.59 Å². The van der Waals surface area contributed by atoms with Crippen molar-refractivity contribution in [2.75, 3.05) is 25.6 Å². The van der Waals surface area contributed by atoms with Crippen molar-refractivity contribution in [2.45, 2.75) is 20.8 Å². The van der Waals surface area contributed by atoms with Crippen LogP contribution in [0.2, 0.25) is 0 Å². The lowest BCUT2D eigenvalue weighted by molar-refractivity contribution is 0.0853. The van der Waals surface area contributed by atoms with Crippen LogP contribution in [0.3, 0.4) is 0 Å². The van der Waals surface area contributed by atoms with Gasteiger partial charge in [0.2, 0.25) is 0 Å². The number of amides is 1. The number of nitrogens with zero attached hydrogens (tertiary/aromatic N) is 1. The molecule has 0 saturated heterocycles. The van der Waals surface area contributed by atoms with Crippen molar-refractivity contribution in [3.63, 3.8) is 0 Å². The molecule has 29 heavy (non-hydrogen) atoms. The largest absolute Gasteiger partial charge is 0.491 e. The van der Waals surface area contributed by atoms with Crippen molar-refractivity contribution < 1.29 is 19.1 Å². The number of benzene rings is 1. The van der Waals surface area contributed by atoms with Crippen LogP contribution in [0.5, 0.6) is 5.75 Å². The molecule has 0 aliphatic rings. The fourth-order valence-corrected chi connectivity index (χ4v) is 2.76. The summed E-state index contributed by atoms with van der Waals surface area (Å²) in [5.74, 6) is 0.826. The van der Waals surface area contributed by atoms with Gasteiger partial charge in [-0.25, -0.2) is 4.98 Å². The summed E-state index contributed by atoms with van der Waals surface area (Å²) in [7, 11) is 1.61. The summed E-state index contributed by atoms with van der Waals surface area (Å²) in [5, 5.41) is 3.59. The lowest BCUT2D eigenvalue weighted by Gasteiger charge is -2.14. The number of ketones is 1. The number of fused-ring (bicyclic) bond motifs is 1. The van der Waals surface area contributed by atoms with Crippen LogP contribution >= 0.6 is 0 Å². The Hall–Kier alpha value is -3.19. The number of aromatic amines is 1. The first-order chi connectivity index (χ1) is 13.8. The lowest BCUT2D eigenvalue weighted by atomic mass is 9.89. The van der Waals surface area contributed by atoms with Crippen LogP contribution in [0.1, 0.15) is 41.6 Å². The summed E-state index contributed by atoms with van der Waals surface area (Å²) in [6.07, 6.45) is 1.61. The standard InChI is InChI=1S/C22H25N3O4/c1-22(2,3)20(26)17-11-15-12-19(23-13-18(15)24-17)25-21(27)14-5-7-16(8-6-14)29-10-9-28-4/h5-8,11-13,24H,9-10H2,1-4H3,(H,23,25,27). The van der Waals surface area contributed by atoms with Gasteiger partial charge in [0, 0.05) is 23.5 Å². The van der Waals surface area contributed by atoms with E-state index in [0.29, 0.717) is 36.0 Å². The summed E-state index contributed by atoms with van der Waals surface area (Å²) in [5.41, 5.74) is 1.28. The molecule has 0 atom stereocenters. The number of hydrogen-bond acceptors (Lipinski definition) is 5. The van der Waals surface area contributed by atoms with Crippen LogP contribution in [0.15, 0.2) is 42.6 Å². The highest BCUT2D eigenvalue weighted by molar-refractivity contribution is 6.05. The Morgan fingerprint density at radius 3 is 2.48 bits per heavy atom. The van der Waals surface area contributed by atoms with Crippen molar-refractivity contribution in [2.24, 2.45) is 5.41 Å². The van der Waals surface area contributed by atoms with Crippen LogP contribution < -0.4 is 10.1 Å². The van der Waals surface area contributed by atoms with E-state index in [9.17, 15) is 9.59 Å². The van der Waals surface area contributed by atoms with Crippen LogP contribution in [0.25, 0.3) is 10.9 Å². The van der Waals surface area contributed by atoms with Crippen LogP contribution in [0.4, 0.5) is 5.82 Å². The molecule has 3 aromatic rings. The Kier molecular flexibility index (Phi) is 5.98. The smallest absolute Gasteiger partial charge is 0.256 e. The highest BCUT2D eigenvalue weighted by Crippen LogP contribution is 2.24. The molecule has 2 aromatic heterocycles. The third kappa shape index (κ3) is 5.00. The van der Waals surface area contributed by atoms with Gasteiger partial charge in [-0.1, -0.05) is 20.8 Å². The Morgan fingerprint density at radius 2 is 1.83 bits per heavy atom. The summed E-state index contributed by atoms with van der Waals surface area (Å²) in [4.78, 5) is 32.3. The number of methoxy groups -OCH3 is 1. The number of rotatable bonds is 7. The Bertz CT molecular complexity index is 1020. The van der Waals surface area contributed by atoms with Crippen LogP contribution in [0, 0.1) is 5.41 Å². The highest BCUT2D eigenvalue weighted by atomic mass is 16.5. The number of H-pyrrole nitrogens is 1. The van der Waals surface area contributed by atoms with Crippen molar-refractivity contribution in [3.8, 4) is 5.75 Å². The fourth-order valence-electron chi connectivity index (χ4n) is 2.76. The minimum Gasteiger partial charge on any atom is -0.491 e. The van der Waals surface area contributed by atoms with Gasteiger partial charge < -0.3 is 19.8 Å². The Labute approximate surface area is 169 Å². The second-order valence-corrected chi connectivity index (χ2v) is 7.74. The van der Waals surface area contributed by atoms with Crippen LogP contribution in [-0.2, 0) is 4.74 Å². The number of pyridine rings is 1. The molecule has 7 nitrogen and oxygen atoms in total. The maximum Gasteiger partial charge on any atom is 0.256 e. The minimum absolute atomic E-state index is 0.0205. The lowest BCUT2D eigenvalue weighted by Crippen LogP contribution is -2.20. The van der Waals surface area contributed by atoms with E-state index in [0.717, 1.165) is 10.9 Å². The van der Waals surface area contributed by atoms with Crippen molar-refractivity contribution >= 4 is 28.4 Å². The molecule has 0 radical (unpaired) electrons. The molecule has 1 aromatic carbocycles. The molecular weight excluding hydrogens is 370 g/mol. The van der Waals surface area contributed by atoms with Gasteiger partial charge in [0.1, 0.15) is 18.2 Å². The number of carbonyl (C=O) groups is 2. The van der Waals surface area contributed by atoms with Crippen molar-refractivity contribution in [1.82, 2.24) is 9.97 Å². The molecule has 0 aliphatic heterocycles. The van der Waals surface area contributed by atoms with Crippen LogP contribution in [-0.4, -0.2) is 42.0 Å². The zero-order valence-electron chi connectivity index (χ0n) is 17.0. The third-order valence-electron chi connectivity index (χ3n) is 4.35. The topological polar surface area (TPSA) is 93.3 Å². The number of nitrogens with one attached hydrogen (secondary N) is 2. The molecule has 3 rings (SSSR count). The fraction of sp³-hybridized carbons (Fsp3) is 0.318. The predicted molar refractivity (Wildman–Crippen MR) is 112 cm³/mol. The quantitative estimate of drug-likeness (QED) is 0.465. The SMILES string of the molecule is COCCOc1ccc(C(=O)Nc2cc3cc(C(=O)C(C)(C)C)[nH]c3cn2)cc1. The monoisotopic (exact) mass is 395 g/mol. The van der Waals surface area contributed by atoms with Crippen molar-refractivity contribution in [1.29, 1.82) is 0 Å². The van der Waals surface area contributed by atoms with E-state index in [-0.39, 0.29) is 11.7 Å². The number of Topliss-reactive ketones (excluding diaryl/α,β-unsaturated/α-hetero) is 1. The first-order valence-electron chi connectivity index (χ1n) is 9.34. The van der Waals surface area contributed by atoms with Gasteiger partial charge in [-0.15, -0.1) is 0 Å². The molecule has 0 fully saturated rings. The van der Waals surface area contributed by atoms with Gasteiger partial charge in [0.15, 0.2) is 5.78 Å². The molecule has 0 unspecified atom stereocenters. The summed E-state index contributed by atoms with van der Waals surface area (Å²) in [6, 6.07) is 10.4. The number of hydrogen-bond donors (Lipinski definition) is 2. The second kappa shape index (κ2) is 8.45. The molecule has 2 N–H and O–H groups in total.